The first kappa shape index (κ1) is 33.4. The smallest absolute Gasteiger partial charge is 0.252 e. The van der Waals surface area contributed by atoms with Crippen LogP contribution in [0.3, 0.4) is 0 Å². The van der Waals surface area contributed by atoms with Gasteiger partial charge in [-0.05, 0) is 122 Å². The van der Waals surface area contributed by atoms with Crippen molar-refractivity contribution >= 4 is 97.4 Å². The Morgan fingerprint density at radius 2 is 0.689 bits per heavy atom. The number of hydrogen-bond acceptors (Lipinski definition) is 3. The minimum absolute atomic E-state index is 0.0307. The van der Waals surface area contributed by atoms with Gasteiger partial charge in [0.15, 0.2) is 0 Å². The molecule has 0 N–H and O–H groups in total. The molecular formula is C56H37B2N3. The van der Waals surface area contributed by atoms with Gasteiger partial charge in [-0.15, -0.1) is 0 Å². The van der Waals surface area contributed by atoms with E-state index in [4.69, 9.17) is 0 Å². The maximum Gasteiger partial charge on any atom is 0.252 e. The molecular weight excluding hydrogens is 736 g/mol. The first-order valence-electron chi connectivity index (χ1n) is 21.5. The molecule has 0 unspecified atom stereocenters. The van der Waals surface area contributed by atoms with E-state index in [1.165, 1.54) is 128 Å². The molecule has 3 nitrogen and oxygen atoms in total. The summed E-state index contributed by atoms with van der Waals surface area (Å²) in [5.74, 6) is 0. The average molecular weight is 774 g/mol. The molecule has 0 saturated carbocycles. The molecule has 0 atom stereocenters. The van der Waals surface area contributed by atoms with E-state index in [2.05, 4.69) is 217 Å². The molecule has 16 rings (SSSR count). The Morgan fingerprint density at radius 3 is 1.18 bits per heavy atom. The first-order valence-corrected chi connectivity index (χ1v) is 21.5. The molecule has 0 amide bonds. The Labute approximate surface area is 357 Å². The molecule has 9 aromatic rings. The Hall–Kier alpha value is -7.49. The SMILES string of the molecule is Cc1cc2cc(C)c1N1c3ccccc3B3c4ccccc4N4c5ccccc5B5c6ccccc6N(c6cc1c3c4c65)c1c(-c3ccccc3)cccc1-c1ccc-2cc1. The predicted octanol–water partition coefficient (Wildman–Crippen LogP) is 10.3. The summed E-state index contributed by atoms with van der Waals surface area (Å²) in [4.78, 5) is 7.90. The summed E-state index contributed by atoms with van der Waals surface area (Å²) in [6.07, 6.45) is 0. The van der Waals surface area contributed by atoms with E-state index in [9.17, 15) is 0 Å². The zero-order chi connectivity index (χ0) is 40.1. The van der Waals surface area contributed by atoms with Crippen molar-refractivity contribution in [3.05, 3.63) is 199 Å². The Morgan fingerprint density at radius 1 is 0.295 bits per heavy atom. The molecule has 282 valence electrons. The van der Waals surface area contributed by atoms with Crippen molar-refractivity contribution in [1.29, 1.82) is 0 Å². The van der Waals surface area contributed by atoms with E-state index in [0.717, 1.165) is 0 Å². The summed E-state index contributed by atoms with van der Waals surface area (Å²) in [5.41, 5.74) is 29.1. The van der Waals surface area contributed by atoms with Gasteiger partial charge >= 0.3 is 0 Å². The number of benzene rings is 9. The highest BCUT2D eigenvalue weighted by Crippen LogP contribution is 2.53. The van der Waals surface area contributed by atoms with E-state index < -0.39 is 0 Å². The second kappa shape index (κ2) is 12.1. The maximum atomic E-state index is 2.64. The second-order valence-corrected chi connectivity index (χ2v) is 17.3. The molecule has 0 fully saturated rings. The molecule has 7 aliphatic heterocycles. The van der Waals surface area contributed by atoms with Crippen LogP contribution in [0.2, 0.25) is 0 Å². The first-order chi connectivity index (χ1) is 30.1. The molecule has 0 saturated heterocycles. The number of anilines is 9. The van der Waals surface area contributed by atoms with Crippen LogP contribution < -0.4 is 47.5 Å². The predicted molar refractivity (Wildman–Crippen MR) is 259 cm³/mol. The summed E-state index contributed by atoms with van der Waals surface area (Å²) < 4.78 is 0. The standard InChI is InChI=1S/C56H37B2N3/c1-34-31-39-32-35(2)54(34)60-48-25-12-8-21-44(48)57-42-19-6-10-23-46(42)59-47-24-11-7-20-43(47)58-45-22-9-13-26-49(45)61(51-33-50(60)52(57)56(59)53(51)58)55-40(37-15-4-3-5-16-37)17-14-18-41(55)38-29-27-36(39)28-30-38/h3-33H,1-2H3. The number of fused-ring (bicyclic) bond motifs is 12. The fraction of sp³-hybridized carbons (Fsp3) is 0.0357. The van der Waals surface area contributed by atoms with Gasteiger partial charge in [0.2, 0.25) is 0 Å². The Balaban J connectivity index is 1.23. The van der Waals surface area contributed by atoms with Crippen molar-refractivity contribution < 1.29 is 0 Å². The normalized spacial score (nSPS) is 13.9. The zero-order valence-electron chi connectivity index (χ0n) is 33.9. The molecule has 0 spiro atoms. The van der Waals surface area contributed by atoms with Crippen LogP contribution in [0.25, 0.3) is 33.4 Å². The minimum Gasteiger partial charge on any atom is -0.312 e. The van der Waals surface area contributed by atoms with Crippen LogP contribution in [0.15, 0.2) is 188 Å². The maximum absolute atomic E-state index is 2.64. The summed E-state index contributed by atoms with van der Waals surface area (Å²) >= 11 is 0. The zero-order valence-corrected chi connectivity index (χ0v) is 33.9. The summed E-state index contributed by atoms with van der Waals surface area (Å²) in [7, 11) is 0. The van der Waals surface area contributed by atoms with Crippen LogP contribution in [-0.4, -0.2) is 13.4 Å². The van der Waals surface area contributed by atoms with Gasteiger partial charge in [0.25, 0.3) is 13.4 Å². The van der Waals surface area contributed by atoms with Gasteiger partial charge < -0.3 is 14.7 Å². The number of hydrogen-bond donors (Lipinski definition) is 0. The number of rotatable bonds is 1. The van der Waals surface area contributed by atoms with Gasteiger partial charge in [-0.3, -0.25) is 0 Å². The molecule has 7 aliphatic rings. The molecule has 0 aliphatic carbocycles. The summed E-state index contributed by atoms with van der Waals surface area (Å²) in [6.45, 7) is 4.69. The molecule has 5 heteroatoms. The molecule has 0 aromatic heterocycles. The largest absolute Gasteiger partial charge is 0.312 e. The third-order valence-corrected chi connectivity index (χ3v) is 14.2. The lowest BCUT2D eigenvalue weighted by Crippen LogP contribution is -2.68. The van der Waals surface area contributed by atoms with Gasteiger partial charge in [-0.2, -0.15) is 0 Å². The quantitative estimate of drug-likeness (QED) is 0.154. The summed E-state index contributed by atoms with van der Waals surface area (Å²) in [5, 5.41) is 0. The third-order valence-electron chi connectivity index (χ3n) is 14.2. The van der Waals surface area contributed by atoms with Crippen molar-refractivity contribution in [3.63, 3.8) is 0 Å². The van der Waals surface area contributed by atoms with Gasteiger partial charge in [-0.25, -0.2) is 0 Å². The lowest BCUT2D eigenvalue weighted by atomic mass is 9.29. The van der Waals surface area contributed by atoms with Crippen LogP contribution in [0.5, 0.6) is 0 Å². The molecule has 7 heterocycles. The van der Waals surface area contributed by atoms with Crippen LogP contribution >= 0.6 is 0 Å². The van der Waals surface area contributed by atoms with Crippen LogP contribution in [0.1, 0.15) is 11.1 Å². The topological polar surface area (TPSA) is 9.72 Å². The molecule has 6 bridgehead atoms. The molecule has 61 heavy (non-hydrogen) atoms. The van der Waals surface area contributed by atoms with E-state index in [0.29, 0.717) is 0 Å². The average Bonchev–Trinajstić information content (AvgIpc) is 3.32. The van der Waals surface area contributed by atoms with Crippen molar-refractivity contribution in [2.24, 2.45) is 0 Å². The highest BCUT2D eigenvalue weighted by Gasteiger charge is 2.51. The summed E-state index contributed by atoms with van der Waals surface area (Å²) in [6, 6.07) is 71.3. The van der Waals surface area contributed by atoms with Crippen molar-refractivity contribution in [2.75, 3.05) is 14.7 Å². The van der Waals surface area contributed by atoms with Gasteiger partial charge in [0.1, 0.15) is 0 Å². The van der Waals surface area contributed by atoms with Crippen LogP contribution in [-0.2, 0) is 0 Å². The molecule has 0 radical (unpaired) electrons. The van der Waals surface area contributed by atoms with Gasteiger partial charge in [0.05, 0.1) is 11.4 Å². The minimum atomic E-state index is 0.0307. The van der Waals surface area contributed by atoms with Crippen molar-refractivity contribution in [1.82, 2.24) is 0 Å². The van der Waals surface area contributed by atoms with Crippen molar-refractivity contribution in [3.8, 4) is 33.4 Å². The fourth-order valence-corrected chi connectivity index (χ4v) is 11.8. The van der Waals surface area contributed by atoms with Crippen LogP contribution in [0, 0.1) is 13.8 Å². The highest BCUT2D eigenvalue weighted by atomic mass is 15.2. The number of para-hydroxylation sites is 5. The fourth-order valence-electron chi connectivity index (χ4n) is 11.8. The Kier molecular flexibility index (Phi) is 6.59. The number of aryl methyl sites for hydroxylation is 2. The second-order valence-electron chi connectivity index (χ2n) is 17.3. The van der Waals surface area contributed by atoms with E-state index in [1.54, 1.807) is 0 Å². The van der Waals surface area contributed by atoms with E-state index >= 15 is 0 Å². The lowest BCUT2D eigenvalue weighted by molar-refractivity contribution is 1.20. The van der Waals surface area contributed by atoms with Gasteiger partial charge in [-0.1, -0.05) is 146 Å². The van der Waals surface area contributed by atoms with Crippen molar-refractivity contribution in [2.45, 2.75) is 13.8 Å². The Bertz CT molecular complexity index is 3340. The monoisotopic (exact) mass is 773 g/mol. The van der Waals surface area contributed by atoms with E-state index in [1.807, 2.05) is 0 Å². The van der Waals surface area contributed by atoms with E-state index in [-0.39, 0.29) is 13.4 Å². The highest BCUT2D eigenvalue weighted by molar-refractivity contribution is 7.04. The van der Waals surface area contributed by atoms with Crippen LogP contribution in [0.4, 0.5) is 51.2 Å². The van der Waals surface area contributed by atoms with Gasteiger partial charge in [0, 0.05) is 50.9 Å². The molecule has 9 aromatic carbocycles. The lowest BCUT2D eigenvalue weighted by Gasteiger charge is -2.51. The third kappa shape index (κ3) is 4.30. The number of nitrogens with zero attached hydrogens (tertiary/aromatic N) is 3.